The molecule has 0 unspecified atom stereocenters. The van der Waals surface area contributed by atoms with Gasteiger partial charge in [0.05, 0.1) is 0 Å². The number of thioether (sulfide) groups is 1. The van der Waals surface area contributed by atoms with Gasteiger partial charge in [-0.2, -0.15) is 11.8 Å². The van der Waals surface area contributed by atoms with Crippen molar-refractivity contribution in [1.29, 1.82) is 0 Å². The number of nitrogens with one attached hydrogen (secondary N) is 1. The first-order valence-corrected chi connectivity index (χ1v) is 7.46. The summed E-state index contributed by atoms with van der Waals surface area (Å²) in [4.78, 5) is 2.56. The van der Waals surface area contributed by atoms with Crippen LogP contribution >= 0.6 is 11.8 Å². The molecular weight excluding hydrogens is 204 g/mol. The molecule has 1 rings (SSSR count). The molecule has 15 heavy (non-hydrogen) atoms. The Kier molecular flexibility index (Phi) is 7.49. The van der Waals surface area contributed by atoms with E-state index in [0.717, 1.165) is 5.25 Å². The minimum absolute atomic E-state index is 0.923. The van der Waals surface area contributed by atoms with Crippen molar-refractivity contribution in [3.8, 4) is 0 Å². The van der Waals surface area contributed by atoms with Crippen molar-refractivity contribution in [3.05, 3.63) is 0 Å². The second-order valence-electron chi connectivity index (χ2n) is 4.25. The Bertz CT molecular complexity index is 142. The fourth-order valence-electron chi connectivity index (χ4n) is 2.05. The second-order valence-corrected chi connectivity index (χ2v) is 5.66. The molecular formula is C12H26N2S. The van der Waals surface area contributed by atoms with Crippen LogP contribution in [0.5, 0.6) is 0 Å². The van der Waals surface area contributed by atoms with Gasteiger partial charge in [0, 0.05) is 17.5 Å². The van der Waals surface area contributed by atoms with E-state index in [0.29, 0.717) is 0 Å². The quantitative estimate of drug-likeness (QED) is 0.722. The van der Waals surface area contributed by atoms with Gasteiger partial charge < -0.3 is 10.2 Å². The molecule has 0 aliphatic carbocycles. The van der Waals surface area contributed by atoms with E-state index in [2.05, 4.69) is 35.8 Å². The summed E-state index contributed by atoms with van der Waals surface area (Å²) in [7, 11) is 0. The molecule has 2 nitrogen and oxygen atoms in total. The maximum absolute atomic E-state index is 3.42. The van der Waals surface area contributed by atoms with E-state index in [4.69, 9.17) is 0 Å². The maximum atomic E-state index is 3.42. The largest absolute Gasteiger partial charge is 0.317 e. The summed E-state index contributed by atoms with van der Waals surface area (Å²) in [5.41, 5.74) is 0. The molecule has 1 heterocycles. The summed E-state index contributed by atoms with van der Waals surface area (Å²) >= 11 is 2.19. The van der Waals surface area contributed by atoms with Gasteiger partial charge in [-0.25, -0.2) is 0 Å². The molecule has 0 amide bonds. The SMILES string of the molecule is CCCN(CC)CCSC1CCNCC1. The van der Waals surface area contributed by atoms with Gasteiger partial charge in [0.1, 0.15) is 0 Å². The highest BCUT2D eigenvalue weighted by Gasteiger charge is 2.13. The predicted molar refractivity (Wildman–Crippen MR) is 70.8 cm³/mol. The lowest BCUT2D eigenvalue weighted by Crippen LogP contribution is -2.31. The van der Waals surface area contributed by atoms with Crippen LogP contribution in [0, 0.1) is 0 Å². The molecule has 1 aliphatic heterocycles. The Morgan fingerprint density at radius 2 is 1.93 bits per heavy atom. The molecule has 0 radical (unpaired) electrons. The van der Waals surface area contributed by atoms with E-state index in [1.165, 1.54) is 57.7 Å². The number of rotatable bonds is 7. The number of nitrogens with zero attached hydrogens (tertiary/aromatic N) is 1. The van der Waals surface area contributed by atoms with Crippen LogP contribution in [0.4, 0.5) is 0 Å². The first kappa shape index (κ1) is 13.3. The number of hydrogen-bond acceptors (Lipinski definition) is 3. The summed E-state index contributed by atoms with van der Waals surface area (Å²) in [6.07, 6.45) is 4.01. The zero-order valence-electron chi connectivity index (χ0n) is 10.3. The fourth-order valence-corrected chi connectivity index (χ4v) is 3.32. The van der Waals surface area contributed by atoms with Crippen LogP contribution in [0.25, 0.3) is 0 Å². The minimum atomic E-state index is 0.923. The molecule has 0 aromatic rings. The predicted octanol–water partition coefficient (Wildman–Crippen LogP) is 2.20. The monoisotopic (exact) mass is 230 g/mol. The van der Waals surface area contributed by atoms with E-state index in [-0.39, 0.29) is 0 Å². The molecule has 90 valence electrons. The molecule has 1 fully saturated rings. The summed E-state index contributed by atoms with van der Waals surface area (Å²) < 4.78 is 0. The zero-order chi connectivity index (χ0) is 10.9. The van der Waals surface area contributed by atoms with Gasteiger partial charge in [0.25, 0.3) is 0 Å². The Morgan fingerprint density at radius 1 is 1.20 bits per heavy atom. The molecule has 0 aromatic heterocycles. The average molecular weight is 230 g/mol. The lowest BCUT2D eigenvalue weighted by atomic mass is 10.2. The topological polar surface area (TPSA) is 15.3 Å². The third-order valence-corrected chi connectivity index (χ3v) is 4.40. The van der Waals surface area contributed by atoms with Crippen molar-refractivity contribution in [2.45, 2.75) is 38.4 Å². The van der Waals surface area contributed by atoms with Crippen LogP contribution in [-0.4, -0.2) is 48.6 Å². The molecule has 1 N–H and O–H groups in total. The molecule has 1 aliphatic rings. The summed E-state index contributed by atoms with van der Waals surface area (Å²) in [5, 5.41) is 4.34. The smallest absolute Gasteiger partial charge is 0.00723 e. The lowest BCUT2D eigenvalue weighted by molar-refractivity contribution is 0.307. The zero-order valence-corrected chi connectivity index (χ0v) is 11.1. The van der Waals surface area contributed by atoms with Crippen LogP contribution in [-0.2, 0) is 0 Å². The van der Waals surface area contributed by atoms with Gasteiger partial charge in [-0.1, -0.05) is 13.8 Å². The Balaban J connectivity index is 2.03. The van der Waals surface area contributed by atoms with Crippen molar-refractivity contribution in [2.75, 3.05) is 38.5 Å². The number of piperidine rings is 1. The van der Waals surface area contributed by atoms with Crippen molar-refractivity contribution >= 4 is 11.8 Å². The fraction of sp³-hybridized carbons (Fsp3) is 1.00. The minimum Gasteiger partial charge on any atom is -0.317 e. The molecule has 0 saturated carbocycles. The van der Waals surface area contributed by atoms with Crippen molar-refractivity contribution < 1.29 is 0 Å². The first-order chi connectivity index (χ1) is 7.36. The molecule has 1 saturated heterocycles. The van der Waals surface area contributed by atoms with Gasteiger partial charge in [0.15, 0.2) is 0 Å². The van der Waals surface area contributed by atoms with E-state index >= 15 is 0 Å². The van der Waals surface area contributed by atoms with Gasteiger partial charge in [-0.15, -0.1) is 0 Å². The first-order valence-electron chi connectivity index (χ1n) is 6.41. The Hall–Kier alpha value is 0.270. The van der Waals surface area contributed by atoms with Gasteiger partial charge in [-0.3, -0.25) is 0 Å². The van der Waals surface area contributed by atoms with Gasteiger partial charge >= 0.3 is 0 Å². The summed E-state index contributed by atoms with van der Waals surface area (Å²) in [5.74, 6) is 1.32. The van der Waals surface area contributed by atoms with E-state index in [9.17, 15) is 0 Å². The number of hydrogen-bond donors (Lipinski definition) is 1. The second kappa shape index (κ2) is 8.43. The Morgan fingerprint density at radius 3 is 2.53 bits per heavy atom. The van der Waals surface area contributed by atoms with Crippen LogP contribution in [0.2, 0.25) is 0 Å². The lowest BCUT2D eigenvalue weighted by Gasteiger charge is -2.24. The van der Waals surface area contributed by atoms with Gasteiger partial charge in [-0.05, 0) is 45.4 Å². The van der Waals surface area contributed by atoms with Crippen molar-refractivity contribution in [1.82, 2.24) is 10.2 Å². The Labute approximate surface area is 99.2 Å². The molecule has 3 heteroatoms. The van der Waals surface area contributed by atoms with Crippen LogP contribution < -0.4 is 5.32 Å². The third kappa shape index (κ3) is 5.79. The molecule has 0 spiro atoms. The molecule has 0 aromatic carbocycles. The highest BCUT2D eigenvalue weighted by molar-refractivity contribution is 7.99. The standard InChI is InChI=1S/C12H26N2S/c1-3-9-14(4-2)10-11-15-12-5-7-13-8-6-12/h12-13H,3-11H2,1-2H3. The van der Waals surface area contributed by atoms with Crippen LogP contribution in [0.3, 0.4) is 0 Å². The van der Waals surface area contributed by atoms with Crippen molar-refractivity contribution in [2.24, 2.45) is 0 Å². The van der Waals surface area contributed by atoms with Crippen molar-refractivity contribution in [3.63, 3.8) is 0 Å². The van der Waals surface area contributed by atoms with E-state index < -0.39 is 0 Å². The van der Waals surface area contributed by atoms with E-state index in [1.54, 1.807) is 0 Å². The van der Waals surface area contributed by atoms with Crippen LogP contribution in [0.1, 0.15) is 33.1 Å². The highest BCUT2D eigenvalue weighted by atomic mass is 32.2. The summed E-state index contributed by atoms with van der Waals surface area (Å²) in [6.45, 7) is 10.7. The average Bonchev–Trinajstić information content (AvgIpc) is 2.29. The van der Waals surface area contributed by atoms with Crippen LogP contribution in [0.15, 0.2) is 0 Å². The molecule has 0 bridgehead atoms. The molecule has 0 atom stereocenters. The third-order valence-electron chi connectivity index (χ3n) is 3.03. The highest BCUT2D eigenvalue weighted by Crippen LogP contribution is 2.19. The summed E-state index contributed by atoms with van der Waals surface area (Å²) in [6, 6.07) is 0. The van der Waals surface area contributed by atoms with Gasteiger partial charge in [0.2, 0.25) is 0 Å². The maximum Gasteiger partial charge on any atom is 0.00723 e. The normalized spacial score (nSPS) is 18.6. The van der Waals surface area contributed by atoms with E-state index in [1.807, 2.05) is 0 Å².